The number of carboxylic acids is 4. The number of esters is 1. The van der Waals surface area contributed by atoms with Gasteiger partial charge < -0.3 is 52.2 Å². The van der Waals surface area contributed by atoms with Crippen LogP contribution >= 0.6 is 0 Å². The van der Waals surface area contributed by atoms with Gasteiger partial charge in [-0.05, 0) is 155 Å². The van der Waals surface area contributed by atoms with Crippen molar-refractivity contribution in [3.63, 3.8) is 0 Å². The van der Waals surface area contributed by atoms with Crippen LogP contribution in [0.3, 0.4) is 0 Å². The summed E-state index contributed by atoms with van der Waals surface area (Å²) in [6, 6.07) is 85.8. The molecule has 0 atom stereocenters. The summed E-state index contributed by atoms with van der Waals surface area (Å²) in [5.74, 6) is -3.46. The minimum atomic E-state index is -0.928. The molecule has 0 saturated heterocycles. The number of aryl methyl sites for hydroxylation is 3. The predicted octanol–water partition coefficient (Wildman–Crippen LogP) is 19.3. The topological polar surface area (TPSA) is 193 Å². The Balaban J connectivity index is 0.00000116. The van der Waals surface area contributed by atoms with E-state index in [4.69, 9.17) is 20.4 Å². The number of aliphatic carboxylic acids is 4. The van der Waals surface area contributed by atoms with Gasteiger partial charge in [0.2, 0.25) is 0 Å². The van der Waals surface area contributed by atoms with Crippen molar-refractivity contribution in [2.75, 3.05) is 7.11 Å². The number of methoxy groups -OCH3 is 1. The van der Waals surface area contributed by atoms with E-state index in [0.717, 1.165) is 83.6 Å². The monoisotopic (exact) mass is 1610 g/mol. The first-order chi connectivity index (χ1) is 45.2. The van der Waals surface area contributed by atoms with E-state index in [0.29, 0.717) is 12.8 Å². The van der Waals surface area contributed by atoms with Crippen molar-refractivity contribution >= 4 is 115 Å². The van der Waals surface area contributed by atoms with Crippen molar-refractivity contribution in [3.8, 4) is 0 Å². The van der Waals surface area contributed by atoms with Crippen LogP contribution in [0.25, 0.3) is 70.7 Å². The number of carboxylic acid groups (broad SMARTS) is 4. The zero-order valence-electron chi connectivity index (χ0n) is 56.6. The molecule has 0 unspecified atom stereocenters. The molecule has 0 bridgehead atoms. The molecule has 15 heteroatoms. The van der Waals surface area contributed by atoms with Crippen LogP contribution in [0, 0.1) is 22.3 Å². The Bertz CT molecular complexity index is 4530. The maximum absolute atomic E-state index is 10.9. The van der Waals surface area contributed by atoms with Crippen LogP contribution in [0.4, 0.5) is 0 Å². The quantitative estimate of drug-likeness (QED) is 0.0150. The van der Waals surface area contributed by atoms with Crippen LogP contribution in [0.2, 0.25) is 0 Å². The molecule has 527 valence electrons. The van der Waals surface area contributed by atoms with Gasteiger partial charge in [-0.25, -0.2) is 9.59 Å². The summed E-state index contributed by atoms with van der Waals surface area (Å²) in [5.41, 5.74) is 6.65. The number of benzene rings is 12. The molecular formula is C85H85BO11Pd3-3. The smallest absolute Gasteiger partial charge is 0.330 e. The van der Waals surface area contributed by atoms with E-state index in [1.54, 1.807) is 6.08 Å². The van der Waals surface area contributed by atoms with Crippen LogP contribution < -0.4 is 0 Å². The second-order valence-electron chi connectivity index (χ2n) is 21.9. The third kappa shape index (κ3) is 32.6. The summed E-state index contributed by atoms with van der Waals surface area (Å²) in [4.78, 5) is 62.8. The Morgan fingerprint density at radius 3 is 1.05 bits per heavy atom. The van der Waals surface area contributed by atoms with Crippen LogP contribution in [0.15, 0.2) is 273 Å². The molecule has 100 heavy (non-hydrogen) atoms. The van der Waals surface area contributed by atoms with Gasteiger partial charge in [-0.15, -0.1) is 0 Å². The molecule has 0 amide bonds. The predicted molar refractivity (Wildman–Crippen MR) is 402 cm³/mol. The SMILES string of the molecule is COC(=O)/C=C/Cc1ccc2ccccc2c1.O=C(O)/C=C/c1ccc2ccccc2c1.O=C(O)CCCCc1ccc2ccccc2c1.O=C(O)CCCc1ccc2ccccc2c1.O=C(O)Cc1ccc2ccccc2c1.O=CCCc1ccc2ccccc2c1.[B].[CH3-].[CH3-].[CH3-].[Pd].[Pd].[Pd]. The van der Waals surface area contributed by atoms with Gasteiger partial charge >= 0.3 is 29.8 Å². The first-order valence-corrected chi connectivity index (χ1v) is 30.8. The molecule has 0 aliphatic heterocycles. The summed E-state index contributed by atoms with van der Waals surface area (Å²) in [5, 5.41) is 48.7. The summed E-state index contributed by atoms with van der Waals surface area (Å²) >= 11 is 0. The Morgan fingerprint density at radius 2 is 0.680 bits per heavy atom. The summed E-state index contributed by atoms with van der Waals surface area (Å²) in [6.45, 7) is 0. The van der Waals surface area contributed by atoms with Gasteiger partial charge in [0.1, 0.15) is 6.29 Å². The first kappa shape index (κ1) is 90.8. The Hall–Kier alpha value is -9.25. The normalized spacial score (nSPS) is 9.85. The van der Waals surface area contributed by atoms with Gasteiger partial charge in [0.05, 0.1) is 13.5 Å². The average Bonchev–Trinajstić information content (AvgIpc) is 1.26. The van der Waals surface area contributed by atoms with Gasteiger partial charge in [0.25, 0.3) is 0 Å². The van der Waals surface area contributed by atoms with Crippen LogP contribution in [-0.4, -0.2) is 72.1 Å². The van der Waals surface area contributed by atoms with Gasteiger partial charge in [0, 0.05) is 101 Å². The molecule has 0 aliphatic carbocycles. The molecule has 11 nitrogen and oxygen atoms in total. The van der Waals surface area contributed by atoms with Crippen molar-refractivity contribution in [3.05, 3.63) is 329 Å². The Morgan fingerprint density at radius 1 is 0.360 bits per heavy atom. The number of aldehydes is 1. The van der Waals surface area contributed by atoms with E-state index < -0.39 is 23.9 Å². The number of unbranched alkanes of at least 4 members (excludes halogenated alkanes) is 1. The molecule has 0 fully saturated rings. The van der Waals surface area contributed by atoms with E-state index in [1.165, 1.54) is 78.5 Å². The fourth-order valence-electron chi connectivity index (χ4n) is 10.2. The third-order valence-corrected chi connectivity index (χ3v) is 14.9. The molecule has 0 aromatic heterocycles. The standard InChI is InChI=1S/C15H14O2.C15H16O2.C14H14O2.C13H10O2.C13H12O.C12H10O2.3CH3.B.3Pd/c1-17-15(16)8-4-5-12-9-10-13-6-2-3-7-14(13)11-12;16-15(17)8-4-1-5-12-9-10-13-6-2-3-7-14(13)11-12;15-14(16)7-3-4-11-8-9-12-5-1-2-6-13(12)10-11;14-13(15)8-6-10-5-7-11-3-1-2-4-12(11)9-10;14-9-3-4-11-7-8-12-5-1-2-6-13(12)10-11;13-12(14)8-9-5-6-10-3-1-2-4-11(10)7-9;;;;;;;/h2-4,6-11H,5H2,1H3;2-3,6-7,9-11H,1,4-5,8H2,(H,16,17);1-2,5-6,8-10H,3-4,7H2,(H,15,16);1-9H,(H,14,15);1-2,5-10H,3-4H2;1-7H,8H2,(H,13,14);3*1H3;;;;/q;;;;;;3*-1;;;;/b8-4+;;;8-6+;;;;;;;;;. The van der Waals surface area contributed by atoms with E-state index in [9.17, 15) is 28.8 Å². The van der Waals surface area contributed by atoms with Crippen molar-refractivity contribution in [1.29, 1.82) is 0 Å². The minimum absolute atomic E-state index is 0. The van der Waals surface area contributed by atoms with E-state index in [1.807, 2.05) is 140 Å². The molecule has 3 radical (unpaired) electrons. The van der Waals surface area contributed by atoms with E-state index >= 15 is 0 Å². The van der Waals surface area contributed by atoms with Crippen LogP contribution in [0.1, 0.15) is 71.9 Å². The van der Waals surface area contributed by atoms with Crippen molar-refractivity contribution in [1.82, 2.24) is 0 Å². The summed E-state index contributed by atoms with van der Waals surface area (Å²) < 4.78 is 4.53. The number of hydrogen-bond donors (Lipinski definition) is 4. The molecule has 12 aromatic carbocycles. The van der Waals surface area contributed by atoms with Gasteiger partial charge in [-0.2, -0.15) is 0 Å². The minimum Gasteiger partial charge on any atom is -0.481 e. The average molecular weight is 1610 g/mol. The fourth-order valence-corrected chi connectivity index (χ4v) is 10.2. The first-order valence-electron chi connectivity index (χ1n) is 30.8. The zero-order valence-corrected chi connectivity index (χ0v) is 61.3. The van der Waals surface area contributed by atoms with Gasteiger partial charge in [0.15, 0.2) is 0 Å². The molecule has 0 aliphatic rings. The van der Waals surface area contributed by atoms with E-state index in [2.05, 4.69) is 126 Å². The number of allylic oxidation sites excluding steroid dienone is 1. The fraction of sp³-hybridized carbons (Fsp3) is 0.141. The number of carbonyl (C=O) groups is 6. The summed E-state index contributed by atoms with van der Waals surface area (Å²) in [6.07, 6.45) is 13.9. The number of rotatable bonds is 19. The summed E-state index contributed by atoms with van der Waals surface area (Å²) in [7, 11) is 1.38. The van der Waals surface area contributed by atoms with Crippen LogP contribution in [0.5, 0.6) is 0 Å². The zero-order chi connectivity index (χ0) is 66.0. The molecule has 0 spiro atoms. The van der Waals surface area contributed by atoms with Gasteiger partial charge in [-0.1, -0.05) is 255 Å². The largest absolute Gasteiger partial charge is 0.481 e. The van der Waals surface area contributed by atoms with Crippen molar-refractivity contribution in [2.24, 2.45) is 0 Å². The second-order valence-corrected chi connectivity index (χ2v) is 21.9. The third-order valence-electron chi connectivity index (χ3n) is 14.9. The second kappa shape index (κ2) is 50.1. The number of ether oxygens (including phenoxy) is 1. The Kier molecular flexibility index (Phi) is 45.5. The number of hydrogen-bond acceptors (Lipinski definition) is 7. The van der Waals surface area contributed by atoms with Crippen molar-refractivity contribution in [2.45, 2.75) is 70.6 Å². The van der Waals surface area contributed by atoms with Crippen molar-refractivity contribution < 1.29 is 115 Å². The molecule has 0 saturated carbocycles. The number of fused-ring (bicyclic) bond motifs is 6. The molecular weight excluding hydrogens is 1530 g/mol. The maximum Gasteiger partial charge on any atom is 0.330 e. The molecule has 12 rings (SSSR count). The molecule has 4 N–H and O–H groups in total. The number of carbonyl (C=O) groups excluding carboxylic acids is 2. The molecule has 12 aromatic rings. The van der Waals surface area contributed by atoms with E-state index in [-0.39, 0.29) is 117 Å². The maximum atomic E-state index is 10.9. The van der Waals surface area contributed by atoms with Crippen LogP contribution in [-0.2, 0) is 127 Å². The van der Waals surface area contributed by atoms with Gasteiger partial charge in [-0.3, -0.25) is 14.4 Å². The molecule has 0 heterocycles. The Labute approximate surface area is 632 Å².